The van der Waals surface area contributed by atoms with E-state index in [0.29, 0.717) is 12.2 Å². The third-order valence-electron chi connectivity index (χ3n) is 2.09. The van der Waals surface area contributed by atoms with Crippen LogP contribution in [-0.2, 0) is 9.59 Å². The third-order valence-corrected chi connectivity index (χ3v) is 2.09. The van der Waals surface area contributed by atoms with Crippen molar-refractivity contribution < 1.29 is 14.4 Å². The topological polar surface area (TPSA) is 116 Å². The molecule has 0 aliphatic heterocycles. The fourth-order valence-electron chi connectivity index (χ4n) is 1.34. The molecule has 8 heteroatoms. The van der Waals surface area contributed by atoms with E-state index in [1.807, 2.05) is 13.8 Å². The SMILES string of the molecule is CC(C)NC(=O)CCNC(=O)c1ncc(NC=O)[nH]1. The zero-order valence-electron chi connectivity index (χ0n) is 10.8. The first-order valence-electron chi connectivity index (χ1n) is 5.85. The van der Waals surface area contributed by atoms with Crippen molar-refractivity contribution >= 4 is 24.0 Å². The maximum atomic E-state index is 11.6. The molecule has 104 valence electrons. The summed E-state index contributed by atoms with van der Waals surface area (Å²) in [4.78, 5) is 39.5. The van der Waals surface area contributed by atoms with Gasteiger partial charge in [0, 0.05) is 19.0 Å². The minimum atomic E-state index is -0.434. The Balaban J connectivity index is 2.34. The van der Waals surface area contributed by atoms with E-state index in [0.717, 1.165) is 0 Å². The number of nitrogens with one attached hydrogen (secondary N) is 4. The molecule has 1 heterocycles. The average molecular weight is 267 g/mol. The zero-order valence-corrected chi connectivity index (χ0v) is 10.8. The summed E-state index contributed by atoms with van der Waals surface area (Å²) in [5, 5.41) is 7.60. The number of aromatic nitrogens is 2. The maximum absolute atomic E-state index is 11.6. The Labute approximate surface area is 110 Å². The van der Waals surface area contributed by atoms with Gasteiger partial charge in [0.15, 0.2) is 5.82 Å². The van der Waals surface area contributed by atoms with Crippen molar-refractivity contribution in [3.63, 3.8) is 0 Å². The smallest absolute Gasteiger partial charge is 0.287 e. The van der Waals surface area contributed by atoms with E-state index in [1.165, 1.54) is 6.20 Å². The third kappa shape index (κ3) is 5.19. The summed E-state index contributed by atoms with van der Waals surface area (Å²) in [7, 11) is 0. The molecular formula is C11H17N5O3. The van der Waals surface area contributed by atoms with Gasteiger partial charge >= 0.3 is 0 Å². The number of hydrogen-bond donors (Lipinski definition) is 4. The Hall–Kier alpha value is -2.38. The van der Waals surface area contributed by atoms with Crippen molar-refractivity contribution in [2.24, 2.45) is 0 Å². The molecule has 0 bridgehead atoms. The fourth-order valence-corrected chi connectivity index (χ4v) is 1.34. The molecule has 0 aliphatic carbocycles. The van der Waals surface area contributed by atoms with Gasteiger partial charge in [0.1, 0.15) is 5.82 Å². The number of hydrogen-bond acceptors (Lipinski definition) is 4. The predicted molar refractivity (Wildman–Crippen MR) is 68.5 cm³/mol. The monoisotopic (exact) mass is 267 g/mol. The largest absolute Gasteiger partial charge is 0.354 e. The van der Waals surface area contributed by atoms with Crippen molar-refractivity contribution in [2.75, 3.05) is 11.9 Å². The van der Waals surface area contributed by atoms with Crippen molar-refractivity contribution in [3.8, 4) is 0 Å². The summed E-state index contributed by atoms with van der Waals surface area (Å²) in [6, 6.07) is 0.0743. The van der Waals surface area contributed by atoms with Crippen LogP contribution in [0.2, 0.25) is 0 Å². The standard InChI is InChI=1S/C11H17N5O3/c1-7(2)15-9(18)3-4-12-11(19)10-13-5-8(16-10)14-6-17/h5-7H,3-4H2,1-2H3,(H,12,19)(H,13,16)(H,14,17)(H,15,18). The van der Waals surface area contributed by atoms with Crippen LogP contribution in [-0.4, -0.2) is 40.8 Å². The van der Waals surface area contributed by atoms with Gasteiger partial charge in [-0.1, -0.05) is 0 Å². The summed E-state index contributed by atoms with van der Waals surface area (Å²) < 4.78 is 0. The highest BCUT2D eigenvalue weighted by atomic mass is 16.2. The lowest BCUT2D eigenvalue weighted by molar-refractivity contribution is -0.121. The Kier molecular flexibility index (Phi) is 5.52. The van der Waals surface area contributed by atoms with Gasteiger partial charge in [-0.3, -0.25) is 14.4 Å². The molecule has 0 aliphatic rings. The van der Waals surface area contributed by atoms with Gasteiger partial charge in [-0.05, 0) is 13.8 Å². The van der Waals surface area contributed by atoms with E-state index in [2.05, 4.69) is 25.9 Å². The molecule has 1 aromatic heterocycles. The van der Waals surface area contributed by atoms with E-state index in [-0.39, 0.29) is 30.7 Å². The Morgan fingerprint density at radius 3 is 2.84 bits per heavy atom. The molecule has 19 heavy (non-hydrogen) atoms. The van der Waals surface area contributed by atoms with Gasteiger partial charge in [-0.15, -0.1) is 0 Å². The number of carbonyl (C=O) groups is 3. The lowest BCUT2D eigenvalue weighted by atomic mass is 10.3. The minimum Gasteiger partial charge on any atom is -0.354 e. The quantitative estimate of drug-likeness (QED) is 0.504. The Bertz CT molecular complexity index is 455. The summed E-state index contributed by atoms with van der Waals surface area (Å²) in [5.41, 5.74) is 0. The molecule has 1 rings (SSSR count). The summed E-state index contributed by atoms with van der Waals surface area (Å²) >= 11 is 0. The van der Waals surface area contributed by atoms with E-state index < -0.39 is 5.91 Å². The van der Waals surface area contributed by atoms with Gasteiger partial charge in [-0.2, -0.15) is 0 Å². The first-order chi connectivity index (χ1) is 9.02. The van der Waals surface area contributed by atoms with Crippen LogP contribution in [0.15, 0.2) is 6.20 Å². The van der Waals surface area contributed by atoms with Gasteiger partial charge in [0.2, 0.25) is 12.3 Å². The molecule has 0 saturated heterocycles. The number of anilines is 1. The molecule has 0 unspecified atom stereocenters. The van der Waals surface area contributed by atoms with Crippen LogP contribution < -0.4 is 16.0 Å². The van der Waals surface area contributed by atoms with E-state index >= 15 is 0 Å². The lowest BCUT2D eigenvalue weighted by Crippen LogP contribution is -2.34. The van der Waals surface area contributed by atoms with Gasteiger partial charge in [0.05, 0.1) is 6.20 Å². The lowest BCUT2D eigenvalue weighted by Gasteiger charge is -2.08. The molecular weight excluding hydrogens is 250 g/mol. The summed E-state index contributed by atoms with van der Waals surface area (Å²) in [6.45, 7) is 3.94. The predicted octanol–water partition coefficient (Wildman–Crippen LogP) is -0.378. The molecule has 0 atom stereocenters. The maximum Gasteiger partial charge on any atom is 0.287 e. The highest BCUT2D eigenvalue weighted by Crippen LogP contribution is 2.01. The van der Waals surface area contributed by atoms with Crippen LogP contribution >= 0.6 is 0 Å². The second-order valence-corrected chi connectivity index (χ2v) is 4.14. The van der Waals surface area contributed by atoms with Crippen LogP contribution in [0.3, 0.4) is 0 Å². The molecule has 0 saturated carbocycles. The first kappa shape index (κ1) is 14.7. The second-order valence-electron chi connectivity index (χ2n) is 4.14. The summed E-state index contributed by atoms with van der Waals surface area (Å²) in [6.07, 6.45) is 2.00. The Morgan fingerprint density at radius 1 is 1.47 bits per heavy atom. The van der Waals surface area contributed by atoms with Crippen molar-refractivity contribution in [2.45, 2.75) is 26.3 Å². The van der Waals surface area contributed by atoms with E-state index in [9.17, 15) is 14.4 Å². The van der Waals surface area contributed by atoms with Crippen LogP contribution in [0.1, 0.15) is 30.9 Å². The van der Waals surface area contributed by atoms with Crippen LogP contribution in [0.25, 0.3) is 0 Å². The van der Waals surface area contributed by atoms with Crippen LogP contribution in [0, 0.1) is 0 Å². The minimum absolute atomic E-state index is 0.0743. The number of nitrogens with zero attached hydrogens (tertiary/aromatic N) is 1. The highest BCUT2D eigenvalue weighted by molar-refractivity contribution is 5.91. The number of aromatic amines is 1. The number of carbonyl (C=O) groups excluding carboxylic acids is 3. The second kappa shape index (κ2) is 7.14. The van der Waals surface area contributed by atoms with Gasteiger partial charge in [0.25, 0.3) is 5.91 Å². The zero-order chi connectivity index (χ0) is 14.3. The number of H-pyrrole nitrogens is 1. The molecule has 0 radical (unpaired) electrons. The Morgan fingerprint density at radius 2 is 2.21 bits per heavy atom. The molecule has 3 amide bonds. The molecule has 0 fully saturated rings. The van der Waals surface area contributed by atoms with Gasteiger partial charge < -0.3 is 20.9 Å². The number of amides is 3. The molecule has 1 aromatic rings. The normalized spacial score (nSPS) is 10.1. The molecule has 4 N–H and O–H groups in total. The van der Waals surface area contributed by atoms with Crippen molar-refractivity contribution in [1.29, 1.82) is 0 Å². The first-order valence-corrected chi connectivity index (χ1v) is 5.85. The highest BCUT2D eigenvalue weighted by Gasteiger charge is 2.10. The summed E-state index contributed by atoms with van der Waals surface area (Å²) in [5.74, 6) is -0.152. The van der Waals surface area contributed by atoms with Crippen molar-refractivity contribution in [1.82, 2.24) is 20.6 Å². The number of imidazole rings is 1. The van der Waals surface area contributed by atoms with E-state index in [1.54, 1.807) is 0 Å². The van der Waals surface area contributed by atoms with Gasteiger partial charge in [-0.25, -0.2) is 4.98 Å². The van der Waals surface area contributed by atoms with E-state index in [4.69, 9.17) is 0 Å². The van der Waals surface area contributed by atoms with Crippen LogP contribution in [0.5, 0.6) is 0 Å². The fraction of sp³-hybridized carbons (Fsp3) is 0.455. The average Bonchev–Trinajstić information content (AvgIpc) is 2.77. The van der Waals surface area contributed by atoms with Crippen LogP contribution in [0.4, 0.5) is 5.82 Å². The molecule has 8 nitrogen and oxygen atoms in total. The molecule has 0 spiro atoms. The number of rotatable bonds is 7. The van der Waals surface area contributed by atoms with Crippen molar-refractivity contribution in [3.05, 3.63) is 12.0 Å². The molecule has 0 aromatic carbocycles.